The van der Waals surface area contributed by atoms with Crippen LogP contribution < -0.4 is 19.5 Å². The molecule has 1 aliphatic heterocycles. The van der Waals surface area contributed by atoms with Gasteiger partial charge in [0.05, 0.1) is 18.7 Å². The lowest BCUT2D eigenvalue weighted by Gasteiger charge is -2.15. The fourth-order valence-electron chi connectivity index (χ4n) is 3.14. The summed E-state index contributed by atoms with van der Waals surface area (Å²) in [5.74, 6) is 2.47. The van der Waals surface area contributed by atoms with E-state index in [1.807, 2.05) is 37.3 Å². The quantitative estimate of drug-likeness (QED) is 0.768. The summed E-state index contributed by atoms with van der Waals surface area (Å²) in [6.07, 6.45) is 0. The number of furan rings is 1. The Morgan fingerprint density at radius 3 is 2.77 bits per heavy atom. The number of fused-ring (bicyclic) bond motifs is 2. The molecule has 1 amide bonds. The van der Waals surface area contributed by atoms with Gasteiger partial charge in [0.25, 0.3) is 5.91 Å². The van der Waals surface area contributed by atoms with Crippen LogP contribution in [0.15, 0.2) is 40.8 Å². The summed E-state index contributed by atoms with van der Waals surface area (Å²) >= 11 is 0. The van der Waals surface area contributed by atoms with E-state index in [2.05, 4.69) is 5.32 Å². The average Bonchev–Trinajstić information content (AvgIpc) is 3.23. The standard InChI is InChI=1S/C20H19NO5/c1-11(13-4-6-17-18(8-13)25-10-24-17)21-20(22)19-12(2)26-16-7-5-14(23-3)9-15(16)19/h4-9,11H,10H2,1-3H3,(H,21,22). The number of carbonyl (C=O) groups is 1. The SMILES string of the molecule is COc1ccc2oc(C)c(C(=O)NC(C)c3ccc4c(c3)OCO4)c2c1. The van der Waals surface area contributed by atoms with Gasteiger partial charge in [-0.2, -0.15) is 0 Å². The van der Waals surface area contributed by atoms with E-state index in [1.165, 1.54) is 0 Å². The van der Waals surface area contributed by atoms with Gasteiger partial charge in [0.1, 0.15) is 17.1 Å². The van der Waals surface area contributed by atoms with Crippen LogP contribution in [0.1, 0.15) is 34.6 Å². The minimum atomic E-state index is -0.202. The summed E-state index contributed by atoms with van der Waals surface area (Å²) in [5, 5.41) is 3.76. The Hall–Kier alpha value is -3.15. The fourth-order valence-corrected chi connectivity index (χ4v) is 3.14. The van der Waals surface area contributed by atoms with E-state index in [-0.39, 0.29) is 18.7 Å². The second-order valence-corrected chi connectivity index (χ2v) is 6.20. The molecule has 1 N–H and O–H groups in total. The van der Waals surface area contributed by atoms with Gasteiger partial charge in [-0.25, -0.2) is 0 Å². The summed E-state index contributed by atoms with van der Waals surface area (Å²) in [5.41, 5.74) is 2.11. The third kappa shape index (κ3) is 2.73. The Bertz CT molecular complexity index is 991. The summed E-state index contributed by atoms with van der Waals surface area (Å²) in [6, 6.07) is 10.9. The molecule has 0 saturated carbocycles. The summed E-state index contributed by atoms with van der Waals surface area (Å²) in [7, 11) is 1.59. The van der Waals surface area contributed by atoms with Crippen LogP contribution in [0.3, 0.4) is 0 Å². The summed E-state index contributed by atoms with van der Waals surface area (Å²) in [4.78, 5) is 12.9. The molecule has 1 unspecified atom stereocenters. The number of rotatable bonds is 4. The van der Waals surface area contributed by atoms with Crippen molar-refractivity contribution in [3.63, 3.8) is 0 Å². The number of ether oxygens (including phenoxy) is 3. The maximum absolute atomic E-state index is 12.9. The van der Waals surface area contributed by atoms with Crippen molar-refractivity contribution in [3.05, 3.63) is 53.3 Å². The highest BCUT2D eigenvalue weighted by molar-refractivity contribution is 6.07. The third-order valence-corrected chi connectivity index (χ3v) is 4.54. The van der Waals surface area contributed by atoms with E-state index < -0.39 is 0 Å². The van der Waals surface area contributed by atoms with Gasteiger partial charge in [-0.15, -0.1) is 0 Å². The van der Waals surface area contributed by atoms with Crippen LogP contribution in [0.5, 0.6) is 17.2 Å². The first-order chi connectivity index (χ1) is 12.6. The lowest BCUT2D eigenvalue weighted by Crippen LogP contribution is -2.27. The van der Waals surface area contributed by atoms with Crippen molar-refractivity contribution < 1.29 is 23.4 Å². The number of hydrogen-bond donors (Lipinski definition) is 1. The summed E-state index contributed by atoms with van der Waals surface area (Å²) < 4.78 is 21.7. The lowest BCUT2D eigenvalue weighted by atomic mass is 10.1. The molecule has 26 heavy (non-hydrogen) atoms. The van der Waals surface area contributed by atoms with Gasteiger partial charge < -0.3 is 23.9 Å². The molecule has 0 aliphatic carbocycles. The largest absolute Gasteiger partial charge is 0.497 e. The number of benzene rings is 2. The van der Waals surface area contributed by atoms with Gasteiger partial charge in [-0.3, -0.25) is 4.79 Å². The Morgan fingerprint density at radius 2 is 1.96 bits per heavy atom. The van der Waals surface area contributed by atoms with Crippen molar-refractivity contribution in [1.82, 2.24) is 5.32 Å². The first-order valence-electron chi connectivity index (χ1n) is 8.34. The smallest absolute Gasteiger partial charge is 0.255 e. The van der Waals surface area contributed by atoms with Crippen LogP contribution in [0, 0.1) is 6.92 Å². The van der Waals surface area contributed by atoms with Crippen LogP contribution in [-0.2, 0) is 0 Å². The zero-order chi connectivity index (χ0) is 18.3. The van der Waals surface area contributed by atoms with Crippen LogP contribution in [0.25, 0.3) is 11.0 Å². The number of carbonyl (C=O) groups excluding carboxylic acids is 1. The number of methoxy groups -OCH3 is 1. The first-order valence-corrected chi connectivity index (χ1v) is 8.34. The molecule has 134 valence electrons. The van der Waals surface area contributed by atoms with E-state index >= 15 is 0 Å². The van der Waals surface area contributed by atoms with E-state index in [1.54, 1.807) is 20.1 Å². The van der Waals surface area contributed by atoms with Gasteiger partial charge in [0.2, 0.25) is 6.79 Å². The molecule has 0 saturated heterocycles. The molecule has 2 aromatic carbocycles. The molecule has 0 bridgehead atoms. The van der Waals surface area contributed by atoms with Gasteiger partial charge in [-0.05, 0) is 49.7 Å². The van der Waals surface area contributed by atoms with Gasteiger partial charge in [-0.1, -0.05) is 6.07 Å². The predicted molar refractivity (Wildman–Crippen MR) is 95.9 cm³/mol. The second kappa shape index (κ2) is 6.29. The van der Waals surface area contributed by atoms with Gasteiger partial charge in [0.15, 0.2) is 11.5 Å². The van der Waals surface area contributed by atoms with Crippen LogP contribution in [0.2, 0.25) is 0 Å². The van der Waals surface area contributed by atoms with Crippen molar-refractivity contribution in [1.29, 1.82) is 0 Å². The molecule has 1 aliphatic rings. The number of amides is 1. The Balaban J connectivity index is 1.62. The highest BCUT2D eigenvalue weighted by Gasteiger charge is 2.22. The molecule has 2 heterocycles. The topological polar surface area (TPSA) is 69.9 Å². The average molecular weight is 353 g/mol. The Morgan fingerprint density at radius 1 is 1.15 bits per heavy atom. The monoisotopic (exact) mass is 353 g/mol. The van der Waals surface area contributed by atoms with Crippen molar-refractivity contribution >= 4 is 16.9 Å². The van der Waals surface area contributed by atoms with E-state index in [0.29, 0.717) is 28.4 Å². The van der Waals surface area contributed by atoms with Crippen LogP contribution in [-0.4, -0.2) is 19.8 Å². The zero-order valence-corrected chi connectivity index (χ0v) is 14.8. The maximum atomic E-state index is 12.9. The third-order valence-electron chi connectivity index (χ3n) is 4.54. The van der Waals surface area contributed by atoms with Crippen molar-refractivity contribution in [3.8, 4) is 17.2 Å². The molecule has 4 rings (SSSR count). The van der Waals surface area contributed by atoms with Gasteiger partial charge in [0, 0.05) is 5.39 Å². The van der Waals surface area contributed by atoms with Crippen LogP contribution >= 0.6 is 0 Å². The molecular weight excluding hydrogens is 334 g/mol. The van der Waals surface area contributed by atoms with E-state index in [9.17, 15) is 4.79 Å². The second-order valence-electron chi connectivity index (χ2n) is 6.20. The Kier molecular flexibility index (Phi) is 3.95. The summed E-state index contributed by atoms with van der Waals surface area (Å²) in [6.45, 7) is 3.93. The van der Waals surface area contributed by atoms with Crippen LogP contribution in [0.4, 0.5) is 0 Å². The van der Waals surface area contributed by atoms with Crippen molar-refractivity contribution in [2.45, 2.75) is 19.9 Å². The van der Waals surface area contributed by atoms with E-state index in [4.69, 9.17) is 18.6 Å². The van der Waals surface area contributed by atoms with Gasteiger partial charge >= 0.3 is 0 Å². The molecule has 3 aromatic rings. The Labute approximate surface area is 150 Å². The minimum absolute atomic E-state index is 0.195. The molecular formula is C20H19NO5. The number of hydrogen-bond acceptors (Lipinski definition) is 5. The normalized spacial score (nSPS) is 13.7. The molecule has 0 spiro atoms. The predicted octanol–water partition coefficient (Wildman–Crippen LogP) is 3.97. The molecule has 1 aromatic heterocycles. The molecule has 0 radical (unpaired) electrons. The fraction of sp³-hybridized carbons (Fsp3) is 0.250. The highest BCUT2D eigenvalue weighted by Crippen LogP contribution is 2.34. The molecule has 0 fully saturated rings. The molecule has 6 heteroatoms. The maximum Gasteiger partial charge on any atom is 0.255 e. The van der Waals surface area contributed by atoms with Crippen molar-refractivity contribution in [2.75, 3.05) is 13.9 Å². The zero-order valence-electron chi connectivity index (χ0n) is 14.8. The molecule has 1 atom stereocenters. The number of aryl methyl sites for hydroxylation is 1. The highest BCUT2D eigenvalue weighted by atomic mass is 16.7. The molecule has 6 nitrogen and oxygen atoms in total. The lowest BCUT2D eigenvalue weighted by molar-refractivity contribution is 0.0939. The minimum Gasteiger partial charge on any atom is -0.497 e. The van der Waals surface area contributed by atoms with E-state index in [0.717, 1.165) is 16.7 Å². The first kappa shape index (κ1) is 16.3. The van der Waals surface area contributed by atoms with Crippen molar-refractivity contribution in [2.24, 2.45) is 0 Å². The number of nitrogens with one attached hydrogen (secondary N) is 1.